The first kappa shape index (κ1) is 18.7. The number of piperazine rings is 1. The fourth-order valence-corrected chi connectivity index (χ4v) is 2.74. The zero-order valence-corrected chi connectivity index (χ0v) is 14.2. The Hall–Kier alpha value is -1.30. The van der Waals surface area contributed by atoms with Crippen LogP contribution in [0.3, 0.4) is 0 Å². The number of ether oxygens (including phenoxy) is 2. The van der Waals surface area contributed by atoms with E-state index in [0.29, 0.717) is 13.2 Å². The third-order valence-electron chi connectivity index (χ3n) is 3.79. The number of amides is 1. The predicted molar refractivity (Wildman–Crippen MR) is 88.7 cm³/mol. The SMILES string of the molecule is CCOC(C)C(=O)N1CCNCC1c1ccccc1OC.Cl. The molecule has 0 bridgehead atoms. The van der Waals surface area contributed by atoms with Gasteiger partial charge in [-0.3, -0.25) is 4.79 Å². The van der Waals surface area contributed by atoms with Crippen molar-refractivity contribution in [2.45, 2.75) is 26.0 Å². The molecule has 0 saturated carbocycles. The van der Waals surface area contributed by atoms with Gasteiger partial charge >= 0.3 is 0 Å². The van der Waals surface area contributed by atoms with Crippen molar-refractivity contribution in [1.29, 1.82) is 0 Å². The van der Waals surface area contributed by atoms with Crippen LogP contribution in [0.15, 0.2) is 24.3 Å². The highest BCUT2D eigenvalue weighted by atomic mass is 35.5. The van der Waals surface area contributed by atoms with Crippen LogP contribution in [0.5, 0.6) is 5.75 Å². The van der Waals surface area contributed by atoms with Crippen LogP contribution >= 0.6 is 12.4 Å². The van der Waals surface area contributed by atoms with Gasteiger partial charge in [0.15, 0.2) is 0 Å². The average Bonchev–Trinajstić information content (AvgIpc) is 2.54. The second kappa shape index (κ2) is 8.98. The molecule has 0 radical (unpaired) electrons. The maximum absolute atomic E-state index is 12.6. The molecule has 6 heteroatoms. The minimum Gasteiger partial charge on any atom is -0.496 e. The van der Waals surface area contributed by atoms with Crippen LogP contribution in [0.4, 0.5) is 0 Å². The first-order valence-electron chi connectivity index (χ1n) is 7.44. The molecule has 0 aliphatic carbocycles. The number of para-hydroxylation sites is 1. The van der Waals surface area contributed by atoms with Crippen molar-refractivity contribution in [2.75, 3.05) is 33.4 Å². The van der Waals surface area contributed by atoms with Gasteiger partial charge in [-0.25, -0.2) is 0 Å². The molecule has 1 fully saturated rings. The predicted octanol–water partition coefficient (Wildman–Crippen LogP) is 2.01. The summed E-state index contributed by atoms with van der Waals surface area (Å²) in [5, 5.41) is 3.35. The molecule has 1 amide bonds. The molecule has 5 nitrogen and oxygen atoms in total. The molecule has 1 saturated heterocycles. The van der Waals surface area contributed by atoms with E-state index in [0.717, 1.165) is 24.4 Å². The van der Waals surface area contributed by atoms with Crippen LogP contribution in [-0.2, 0) is 9.53 Å². The number of carbonyl (C=O) groups is 1. The second-order valence-corrected chi connectivity index (χ2v) is 5.09. The summed E-state index contributed by atoms with van der Waals surface area (Å²) in [5.74, 6) is 0.849. The van der Waals surface area contributed by atoms with Gasteiger partial charge in [-0.2, -0.15) is 0 Å². The van der Waals surface area contributed by atoms with Gasteiger partial charge in [-0.15, -0.1) is 12.4 Å². The normalized spacial score (nSPS) is 19.2. The van der Waals surface area contributed by atoms with Crippen molar-refractivity contribution >= 4 is 18.3 Å². The second-order valence-electron chi connectivity index (χ2n) is 5.09. The lowest BCUT2D eigenvalue weighted by Crippen LogP contribution is -2.51. The summed E-state index contributed by atoms with van der Waals surface area (Å²) in [6.45, 7) is 6.46. The summed E-state index contributed by atoms with van der Waals surface area (Å²) >= 11 is 0. The number of rotatable bonds is 5. The van der Waals surface area contributed by atoms with Crippen LogP contribution in [-0.4, -0.2) is 50.3 Å². The van der Waals surface area contributed by atoms with Crippen molar-refractivity contribution < 1.29 is 14.3 Å². The molecular weight excluding hydrogens is 304 g/mol. The summed E-state index contributed by atoms with van der Waals surface area (Å²) in [4.78, 5) is 14.5. The van der Waals surface area contributed by atoms with Gasteiger partial charge in [0, 0.05) is 31.8 Å². The van der Waals surface area contributed by atoms with Crippen molar-refractivity contribution in [2.24, 2.45) is 0 Å². The van der Waals surface area contributed by atoms with Gasteiger partial charge in [0.25, 0.3) is 5.91 Å². The van der Waals surface area contributed by atoms with E-state index in [9.17, 15) is 4.79 Å². The van der Waals surface area contributed by atoms with Gasteiger partial charge in [0.2, 0.25) is 0 Å². The van der Waals surface area contributed by atoms with Crippen LogP contribution in [0.2, 0.25) is 0 Å². The Morgan fingerprint density at radius 1 is 1.45 bits per heavy atom. The molecule has 1 aromatic carbocycles. The number of nitrogens with zero attached hydrogens (tertiary/aromatic N) is 1. The number of hydrogen-bond acceptors (Lipinski definition) is 4. The topological polar surface area (TPSA) is 50.8 Å². The minimum atomic E-state index is -0.412. The van der Waals surface area contributed by atoms with E-state index in [2.05, 4.69) is 5.32 Å². The zero-order valence-electron chi connectivity index (χ0n) is 13.4. The van der Waals surface area contributed by atoms with E-state index in [-0.39, 0.29) is 24.4 Å². The Bertz CT molecular complexity index is 484. The van der Waals surface area contributed by atoms with E-state index >= 15 is 0 Å². The van der Waals surface area contributed by atoms with Crippen molar-refractivity contribution in [1.82, 2.24) is 10.2 Å². The minimum absolute atomic E-state index is 0. The van der Waals surface area contributed by atoms with Gasteiger partial charge in [0.05, 0.1) is 13.2 Å². The van der Waals surface area contributed by atoms with Gasteiger partial charge in [0.1, 0.15) is 11.9 Å². The van der Waals surface area contributed by atoms with E-state index in [4.69, 9.17) is 9.47 Å². The van der Waals surface area contributed by atoms with Crippen LogP contribution in [0.25, 0.3) is 0 Å². The molecular formula is C16H25ClN2O3. The monoisotopic (exact) mass is 328 g/mol. The van der Waals surface area contributed by atoms with Crippen molar-refractivity contribution in [3.05, 3.63) is 29.8 Å². The number of benzene rings is 1. The molecule has 2 atom stereocenters. The number of methoxy groups -OCH3 is 1. The summed E-state index contributed by atoms with van der Waals surface area (Å²) in [6.07, 6.45) is -0.412. The molecule has 1 heterocycles. The Kier molecular flexibility index (Phi) is 7.65. The first-order chi connectivity index (χ1) is 10.2. The highest BCUT2D eigenvalue weighted by Crippen LogP contribution is 2.30. The molecule has 1 aliphatic rings. The van der Waals surface area contributed by atoms with E-state index < -0.39 is 6.10 Å². The quantitative estimate of drug-likeness (QED) is 0.898. The highest BCUT2D eigenvalue weighted by molar-refractivity contribution is 5.85. The molecule has 0 aromatic heterocycles. The summed E-state index contributed by atoms with van der Waals surface area (Å²) in [6, 6.07) is 7.83. The summed E-state index contributed by atoms with van der Waals surface area (Å²) in [7, 11) is 1.66. The van der Waals surface area contributed by atoms with E-state index in [1.807, 2.05) is 43.0 Å². The number of nitrogens with one attached hydrogen (secondary N) is 1. The number of hydrogen-bond donors (Lipinski definition) is 1. The first-order valence-corrected chi connectivity index (χ1v) is 7.44. The third-order valence-corrected chi connectivity index (χ3v) is 3.79. The highest BCUT2D eigenvalue weighted by Gasteiger charge is 2.32. The molecule has 22 heavy (non-hydrogen) atoms. The third kappa shape index (κ3) is 4.12. The lowest BCUT2D eigenvalue weighted by atomic mass is 10.0. The van der Waals surface area contributed by atoms with Crippen LogP contribution in [0.1, 0.15) is 25.5 Å². The largest absolute Gasteiger partial charge is 0.496 e. The zero-order chi connectivity index (χ0) is 15.2. The Morgan fingerprint density at radius 3 is 2.86 bits per heavy atom. The van der Waals surface area contributed by atoms with Gasteiger partial charge in [-0.05, 0) is 19.9 Å². The van der Waals surface area contributed by atoms with Crippen LogP contribution in [0, 0.1) is 0 Å². The number of halogens is 1. The fourth-order valence-electron chi connectivity index (χ4n) is 2.74. The molecule has 2 rings (SSSR count). The fraction of sp³-hybridized carbons (Fsp3) is 0.562. The lowest BCUT2D eigenvalue weighted by molar-refractivity contribution is -0.145. The smallest absolute Gasteiger partial charge is 0.252 e. The lowest BCUT2D eigenvalue weighted by Gasteiger charge is -2.38. The maximum Gasteiger partial charge on any atom is 0.252 e. The summed E-state index contributed by atoms with van der Waals surface area (Å²) in [5.41, 5.74) is 1.03. The molecule has 2 unspecified atom stereocenters. The van der Waals surface area contributed by atoms with Crippen LogP contribution < -0.4 is 10.1 Å². The Balaban J connectivity index is 0.00000242. The van der Waals surface area contributed by atoms with E-state index in [1.165, 1.54) is 0 Å². The molecule has 1 N–H and O–H groups in total. The Labute approximate surface area is 138 Å². The van der Waals surface area contributed by atoms with E-state index in [1.54, 1.807) is 7.11 Å². The standard InChI is InChI=1S/C16H24N2O3.ClH/c1-4-21-12(2)16(19)18-10-9-17-11-14(18)13-7-5-6-8-15(13)20-3;/h5-8,12,14,17H,4,9-11H2,1-3H3;1H. The molecule has 1 aromatic rings. The summed E-state index contributed by atoms with van der Waals surface area (Å²) < 4.78 is 10.9. The number of carbonyl (C=O) groups excluding carboxylic acids is 1. The average molecular weight is 329 g/mol. The van der Waals surface area contributed by atoms with Crippen molar-refractivity contribution in [3.63, 3.8) is 0 Å². The van der Waals surface area contributed by atoms with Gasteiger partial charge < -0.3 is 19.7 Å². The van der Waals surface area contributed by atoms with Gasteiger partial charge in [-0.1, -0.05) is 18.2 Å². The Morgan fingerprint density at radius 2 is 2.18 bits per heavy atom. The maximum atomic E-state index is 12.6. The van der Waals surface area contributed by atoms with Crippen molar-refractivity contribution in [3.8, 4) is 5.75 Å². The molecule has 0 spiro atoms. The molecule has 124 valence electrons. The molecule has 1 aliphatic heterocycles.